The average molecular weight is 268 g/mol. The molecule has 1 N–H and O–H groups in total. The van der Waals surface area contributed by atoms with Crippen molar-refractivity contribution in [2.24, 2.45) is 0 Å². The normalized spacial score (nSPS) is 12.7. The monoisotopic (exact) mass is 267 g/mol. The average Bonchev–Trinajstić information content (AvgIpc) is 2.71. The molecule has 1 heterocycles. The molecule has 0 aliphatic heterocycles. The molecule has 5 heteroatoms. The molecule has 0 aliphatic rings. The summed E-state index contributed by atoms with van der Waals surface area (Å²) in [4.78, 5) is 3.82. The molecule has 1 unspecified atom stereocenters. The van der Waals surface area contributed by atoms with Gasteiger partial charge < -0.3 is 5.11 Å². The summed E-state index contributed by atoms with van der Waals surface area (Å²) in [5.41, 5.74) is 0.869. The molecule has 0 fully saturated rings. The van der Waals surface area contributed by atoms with Crippen LogP contribution in [0.3, 0.4) is 0 Å². The Morgan fingerprint density at radius 1 is 1.33 bits per heavy atom. The Balaban J connectivity index is 2.08. The summed E-state index contributed by atoms with van der Waals surface area (Å²) in [5.74, 6) is 0. The molecule has 0 saturated carbocycles. The van der Waals surface area contributed by atoms with E-state index < -0.39 is 6.10 Å². The number of nitrogens with zero attached hydrogens (tertiary/aromatic N) is 3. The van der Waals surface area contributed by atoms with Gasteiger partial charge in [0, 0.05) is 4.47 Å². The zero-order chi connectivity index (χ0) is 10.7. The smallest absolute Gasteiger partial charge is 0.137 e. The third-order valence-electron chi connectivity index (χ3n) is 2.08. The number of aromatic nitrogens is 3. The molecule has 0 radical (unpaired) electrons. The lowest BCUT2D eigenvalue weighted by atomic mass is 10.1. The number of halogens is 1. The molecule has 1 atom stereocenters. The van der Waals surface area contributed by atoms with Crippen LogP contribution in [0.1, 0.15) is 11.7 Å². The van der Waals surface area contributed by atoms with Crippen LogP contribution >= 0.6 is 15.9 Å². The first-order valence-electron chi connectivity index (χ1n) is 4.51. The molecule has 4 nitrogen and oxygen atoms in total. The van der Waals surface area contributed by atoms with E-state index in [9.17, 15) is 5.11 Å². The second-order valence-electron chi connectivity index (χ2n) is 3.18. The first-order valence-corrected chi connectivity index (χ1v) is 5.31. The van der Waals surface area contributed by atoms with E-state index in [-0.39, 0.29) is 0 Å². The van der Waals surface area contributed by atoms with Crippen molar-refractivity contribution in [3.8, 4) is 0 Å². The van der Waals surface area contributed by atoms with Crippen LogP contribution in [0.15, 0.2) is 41.4 Å². The Kier molecular flexibility index (Phi) is 3.13. The first kappa shape index (κ1) is 10.3. The molecule has 1 aromatic carbocycles. The van der Waals surface area contributed by atoms with E-state index in [1.165, 1.54) is 6.33 Å². The summed E-state index contributed by atoms with van der Waals surface area (Å²) in [6.45, 7) is 0.418. The minimum Gasteiger partial charge on any atom is -0.386 e. The zero-order valence-electron chi connectivity index (χ0n) is 7.92. The first-order chi connectivity index (χ1) is 7.25. The van der Waals surface area contributed by atoms with Crippen LogP contribution < -0.4 is 0 Å². The van der Waals surface area contributed by atoms with Gasteiger partial charge in [0.25, 0.3) is 0 Å². The minimum atomic E-state index is -0.556. The van der Waals surface area contributed by atoms with E-state index in [4.69, 9.17) is 0 Å². The van der Waals surface area contributed by atoms with Gasteiger partial charge in [-0.3, -0.25) is 4.68 Å². The number of aliphatic hydroxyl groups excluding tert-OH is 1. The van der Waals surface area contributed by atoms with Crippen molar-refractivity contribution in [1.82, 2.24) is 14.8 Å². The Morgan fingerprint density at radius 3 is 2.67 bits per heavy atom. The highest BCUT2D eigenvalue weighted by Crippen LogP contribution is 2.17. The molecule has 2 rings (SSSR count). The van der Waals surface area contributed by atoms with Crippen molar-refractivity contribution in [3.05, 3.63) is 47.0 Å². The van der Waals surface area contributed by atoms with Crippen LogP contribution in [0.2, 0.25) is 0 Å². The van der Waals surface area contributed by atoms with Gasteiger partial charge in [-0.05, 0) is 17.7 Å². The number of rotatable bonds is 3. The Bertz CT molecular complexity index is 413. The molecule has 0 amide bonds. The summed E-state index contributed by atoms with van der Waals surface area (Å²) in [6, 6.07) is 7.57. The Hall–Kier alpha value is -1.20. The molecule has 0 saturated heterocycles. The summed E-state index contributed by atoms with van der Waals surface area (Å²) in [5, 5.41) is 13.8. The van der Waals surface area contributed by atoms with Gasteiger partial charge in [0.1, 0.15) is 12.7 Å². The van der Waals surface area contributed by atoms with E-state index >= 15 is 0 Å². The van der Waals surface area contributed by atoms with Crippen molar-refractivity contribution in [3.63, 3.8) is 0 Å². The standard InChI is InChI=1S/C10H10BrN3O/c11-9-3-1-8(2-4-9)10(15)5-14-7-12-6-13-14/h1-4,6-7,10,15H,5H2. The third kappa shape index (κ3) is 2.64. The van der Waals surface area contributed by atoms with E-state index in [1.807, 2.05) is 24.3 Å². The van der Waals surface area contributed by atoms with Gasteiger partial charge in [-0.2, -0.15) is 5.10 Å². The molecular formula is C10H10BrN3O. The van der Waals surface area contributed by atoms with Gasteiger partial charge in [0.2, 0.25) is 0 Å². The topological polar surface area (TPSA) is 50.9 Å². The molecule has 1 aromatic heterocycles. The fourth-order valence-corrected chi connectivity index (χ4v) is 1.56. The van der Waals surface area contributed by atoms with Crippen LogP contribution in [0, 0.1) is 0 Å². The number of hydrogen-bond donors (Lipinski definition) is 1. The molecule has 0 spiro atoms. The lowest BCUT2D eigenvalue weighted by Gasteiger charge is -2.10. The predicted octanol–water partition coefficient (Wildman–Crippen LogP) is 1.77. The fraction of sp³-hybridized carbons (Fsp3) is 0.200. The van der Waals surface area contributed by atoms with Gasteiger partial charge in [-0.1, -0.05) is 28.1 Å². The maximum Gasteiger partial charge on any atom is 0.137 e. The second-order valence-corrected chi connectivity index (χ2v) is 4.10. The van der Waals surface area contributed by atoms with E-state index in [0.717, 1.165) is 10.0 Å². The Morgan fingerprint density at radius 2 is 2.07 bits per heavy atom. The lowest BCUT2D eigenvalue weighted by molar-refractivity contribution is 0.151. The maximum atomic E-state index is 9.88. The van der Waals surface area contributed by atoms with Gasteiger partial charge >= 0.3 is 0 Å². The third-order valence-corrected chi connectivity index (χ3v) is 2.61. The fourth-order valence-electron chi connectivity index (χ4n) is 1.29. The number of aliphatic hydroxyl groups is 1. The molecule has 0 aliphatic carbocycles. The van der Waals surface area contributed by atoms with Crippen LogP contribution in [0.25, 0.3) is 0 Å². The maximum absolute atomic E-state index is 9.88. The second kappa shape index (κ2) is 4.55. The highest BCUT2D eigenvalue weighted by molar-refractivity contribution is 9.10. The summed E-state index contributed by atoms with van der Waals surface area (Å²) in [7, 11) is 0. The highest BCUT2D eigenvalue weighted by Gasteiger charge is 2.08. The van der Waals surface area contributed by atoms with Crippen LogP contribution in [-0.4, -0.2) is 19.9 Å². The van der Waals surface area contributed by atoms with E-state index in [2.05, 4.69) is 26.0 Å². The summed E-state index contributed by atoms with van der Waals surface area (Å²) in [6.07, 6.45) is 2.48. The molecular weight excluding hydrogens is 258 g/mol. The summed E-state index contributed by atoms with van der Waals surface area (Å²) < 4.78 is 2.60. The molecule has 15 heavy (non-hydrogen) atoms. The van der Waals surface area contributed by atoms with Crippen LogP contribution in [-0.2, 0) is 6.54 Å². The largest absolute Gasteiger partial charge is 0.386 e. The van der Waals surface area contributed by atoms with Crippen molar-refractivity contribution in [2.75, 3.05) is 0 Å². The number of benzene rings is 1. The number of hydrogen-bond acceptors (Lipinski definition) is 3. The quantitative estimate of drug-likeness (QED) is 0.923. The zero-order valence-corrected chi connectivity index (χ0v) is 9.50. The SMILES string of the molecule is OC(Cn1cncn1)c1ccc(Br)cc1. The molecule has 0 bridgehead atoms. The van der Waals surface area contributed by atoms with Crippen molar-refractivity contribution in [2.45, 2.75) is 12.6 Å². The van der Waals surface area contributed by atoms with Gasteiger partial charge in [0.05, 0.1) is 12.6 Å². The summed E-state index contributed by atoms with van der Waals surface area (Å²) >= 11 is 3.35. The van der Waals surface area contributed by atoms with Crippen molar-refractivity contribution >= 4 is 15.9 Å². The van der Waals surface area contributed by atoms with E-state index in [0.29, 0.717) is 6.54 Å². The lowest BCUT2D eigenvalue weighted by Crippen LogP contribution is -2.08. The van der Waals surface area contributed by atoms with Gasteiger partial charge in [-0.25, -0.2) is 4.98 Å². The van der Waals surface area contributed by atoms with Gasteiger partial charge in [-0.15, -0.1) is 0 Å². The predicted molar refractivity (Wildman–Crippen MR) is 59.1 cm³/mol. The van der Waals surface area contributed by atoms with E-state index in [1.54, 1.807) is 11.0 Å². The van der Waals surface area contributed by atoms with Crippen LogP contribution in [0.4, 0.5) is 0 Å². The van der Waals surface area contributed by atoms with Crippen molar-refractivity contribution < 1.29 is 5.11 Å². The minimum absolute atomic E-state index is 0.418. The molecule has 2 aromatic rings. The van der Waals surface area contributed by atoms with Gasteiger partial charge in [0.15, 0.2) is 0 Å². The highest BCUT2D eigenvalue weighted by atomic mass is 79.9. The van der Waals surface area contributed by atoms with Crippen molar-refractivity contribution in [1.29, 1.82) is 0 Å². The molecule has 78 valence electrons. The van der Waals surface area contributed by atoms with Crippen LogP contribution in [0.5, 0.6) is 0 Å². The Labute approximate surface area is 95.7 Å².